The zero-order valence-corrected chi connectivity index (χ0v) is 7.83. The van der Waals surface area contributed by atoms with E-state index >= 15 is 0 Å². The smallest absolute Gasteiger partial charge is 0.0684 e. The van der Waals surface area contributed by atoms with Gasteiger partial charge in [0, 0.05) is 5.41 Å². The second kappa shape index (κ2) is 3.53. The SMILES string of the molecule is CC(C)(C)[C]=Nc1ccccc1. The topological polar surface area (TPSA) is 12.4 Å². The van der Waals surface area contributed by atoms with Crippen LogP contribution in [0.15, 0.2) is 35.3 Å². The van der Waals surface area contributed by atoms with Gasteiger partial charge in [-0.1, -0.05) is 39.0 Å². The molecule has 0 unspecified atom stereocenters. The Bertz CT molecular complexity index is 254. The second-order valence-corrected chi connectivity index (χ2v) is 3.81. The number of para-hydroxylation sites is 1. The van der Waals surface area contributed by atoms with Gasteiger partial charge in [-0.05, 0) is 12.1 Å². The minimum Gasteiger partial charge on any atom is -0.251 e. The summed E-state index contributed by atoms with van der Waals surface area (Å²) >= 11 is 0. The third-order valence-electron chi connectivity index (χ3n) is 1.28. The summed E-state index contributed by atoms with van der Waals surface area (Å²) in [6.45, 7) is 6.25. The summed E-state index contributed by atoms with van der Waals surface area (Å²) in [6.07, 6.45) is 3.06. The van der Waals surface area contributed by atoms with Crippen LogP contribution in [0.25, 0.3) is 0 Å². The van der Waals surface area contributed by atoms with E-state index in [0.717, 1.165) is 5.69 Å². The molecule has 0 fully saturated rings. The maximum Gasteiger partial charge on any atom is 0.0684 e. The van der Waals surface area contributed by atoms with Crippen molar-refractivity contribution in [3.63, 3.8) is 0 Å². The van der Waals surface area contributed by atoms with Crippen LogP contribution < -0.4 is 0 Å². The highest BCUT2D eigenvalue weighted by molar-refractivity contribution is 5.68. The Balaban J connectivity index is 2.71. The molecule has 0 aliphatic carbocycles. The van der Waals surface area contributed by atoms with Crippen molar-refractivity contribution in [3.8, 4) is 0 Å². The fourth-order valence-corrected chi connectivity index (χ4v) is 0.735. The standard InChI is InChI=1S/C11H14N/c1-11(2,3)9-12-10-7-5-4-6-8-10/h4-8H,1-3H3. The fourth-order valence-electron chi connectivity index (χ4n) is 0.735. The Morgan fingerprint density at radius 1 is 1.08 bits per heavy atom. The first-order valence-electron chi connectivity index (χ1n) is 4.11. The summed E-state index contributed by atoms with van der Waals surface area (Å²) < 4.78 is 0. The molecule has 0 saturated carbocycles. The van der Waals surface area contributed by atoms with Gasteiger partial charge in [0.1, 0.15) is 0 Å². The minimum absolute atomic E-state index is 0.0375. The molecule has 0 aromatic heterocycles. The molecule has 1 aromatic rings. The van der Waals surface area contributed by atoms with Gasteiger partial charge in [-0.15, -0.1) is 0 Å². The van der Waals surface area contributed by atoms with Gasteiger partial charge >= 0.3 is 0 Å². The monoisotopic (exact) mass is 160 g/mol. The molecule has 0 atom stereocenters. The van der Waals surface area contributed by atoms with Crippen LogP contribution in [0.4, 0.5) is 5.69 Å². The van der Waals surface area contributed by atoms with Crippen molar-refractivity contribution in [3.05, 3.63) is 30.3 Å². The van der Waals surface area contributed by atoms with E-state index in [1.54, 1.807) is 0 Å². The van der Waals surface area contributed by atoms with Gasteiger partial charge in [-0.3, -0.25) is 4.99 Å². The Kier molecular flexibility index (Phi) is 2.64. The average molecular weight is 160 g/mol. The van der Waals surface area contributed by atoms with E-state index in [9.17, 15) is 0 Å². The van der Waals surface area contributed by atoms with Gasteiger partial charge in [-0.25, -0.2) is 0 Å². The molecule has 1 heteroatoms. The number of aliphatic imine (C=N–C) groups is 1. The molecule has 0 aliphatic rings. The number of rotatable bonds is 1. The third-order valence-corrected chi connectivity index (χ3v) is 1.28. The molecule has 63 valence electrons. The van der Waals surface area contributed by atoms with Crippen LogP contribution in [0.3, 0.4) is 0 Å². The van der Waals surface area contributed by atoms with Crippen LogP contribution in [-0.2, 0) is 0 Å². The molecule has 0 saturated heterocycles. The zero-order valence-electron chi connectivity index (χ0n) is 7.83. The Morgan fingerprint density at radius 2 is 1.67 bits per heavy atom. The Hall–Kier alpha value is -1.11. The average Bonchev–Trinajstić information content (AvgIpc) is 2.02. The lowest BCUT2D eigenvalue weighted by Gasteiger charge is -2.08. The lowest BCUT2D eigenvalue weighted by molar-refractivity contribution is 0.607. The van der Waals surface area contributed by atoms with Crippen LogP contribution in [0.5, 0.6) is 0 Å². The highest BCUT2D eigenvalue weighted by Gasteiger charge is 2.05. The van der Waals surface area contributed by atoms with Crippen molar-refractivity contribution in [1.82, 2.24) is 0 Å². The molecule has 1 rings (SSSR count). The molecule has 0 heterocycles. The number of hydrogen-bond donors (Lipinski definition) is 0. The van der Waals surface area contributed by atoms with E-state index in [-0.39, 0.29) is 5.41 Å². The van der Waals surface area contributed by atoms with Gasteiger partial charge in [0.2, 0.25) is 0 Å². The molecular formula is C11H14N. The maximum absolute atomic E-state index is 4.23. The number of hydrogen-bond acceptors (Lipinski definition) is 1. The van der Waals surface area contributed by atoms with Gasteiger partial charge in [0.25, 0.3) is 0 Å². The van der Waals surface area contributed by atoms with Crippen molar-refractivity contribution in [2.24, 2.45) is 10.4 Å². The van der Waals surface area contributed by atoms with E-state index in [4.69, 9.17) is 0 Å². The van der Waals surface area contributed by atoms with E-state index < -0.39 is 0 Å². The predicted molar refractivity (Wildman–Crippen MR) is 53.0 cm³/mol. The van der Waals surface area contributed by atoms with Crippen LogP contribution >= 0.6 is 0 Å². The molecule has 1 nitrogen and oxygen atoms in total. The predicted octanol–water partition coefficient (Wildman–Crippen LogP) is 3.31. The fraction of sp³-hybridized carbons (Fsp3) is 0.364. The molecule has 0 bridgehead atoms. The van der Waals surface area contributed by atoms with E-state index in [1.807, 2.05) is 30.3 Å². The summed E-state index contributed by atoms with van der Waals surface area (Å²) in [5.41, 5.74) is 1.00. The molecule has 1 aromatic carbocycles. The van der Waals surface area contributed by atoms with Crippen LogP contribution in [-0.4, -0.2) is 6.21 Å². The summed E-state index contributed by atoms with van der Waals surface area (Å²) in [4.78, 5) is 4.23. The first-order valence-corrected chi connectivity index (χ1v) is 4.11. The highest BCUT2D eigenvalue weighted by Crippen LogP contribution is 2.14. The summed E-state index contributed by atoms with van der Waals surface area (Å²) in [5.74, 6) is 0. The quantitative estimate of drug-likeness (QED) is 0.559. The van der Waals surface area contributed by atoms with Crippen molar-refractivity contribution in [1.29, 1.82) is 0 Å². The Morgan fingerprint density at radius 3 is 2.17 bits per heavy atom. The second-order valence-electron chi connectivity index (χ2n) is 3.81. The van der Waals surface area contributed by atoms with Gasteiger partial charge in [-0.2, -0.15) is 0 Å². The van der Waals surface area contributed by atoms with Gasteiger partial charge in [0.05, 0.1) is 11.9 Å². The molecule has 12 heavy (non-hydrogen) atoms. The van der Waals surface area contributed by atoms with E-state index in [0.29, 0.717) is 0 Å². The molecule has 1 radical (unpaired) electrons. The normalized spacial score (nSPS) is 12.2. The first kappa shape index (κ1) is 8.98. The summed E-state index contributed by atoms with van der Waals surface area (Å²) in [5, 5.41) is 0. The number of nitrogens with zero attached hydrogens (tertiary/aromatic N) is 1. The van der Waals surface area contributed by atoms with Crippen molar-refractivity contribution >= 4 is 11.9 Å². The van der Waals surface area contributed by atoms with Crippen LogP contribution in [0.1, 0.15) is 20.8 Å². The molecule has 0 amide bonds. The minimum atomic E-state index is 0.0375. The van der Waals surface area contributed by atoms with Gasteiger partial charge < -0.3 is 0 Å². The van der Waals surface area contributed by atoms with Crippen LogP contribution in [0.2, 0.25) is 0 Å². The van der Waals surface area contributed by atoms with Gasteiger partial charge in [0.15, 0.2) is 0 Å². The largest absolute Gasteiger partial charge is 0.251 e. The van der Waals surface area contributed by atoms with Crippen molar-refractivity contribution in [2.75, 3.05) is 0 Å². The molecule has 0 aliphatic heterocycles. The highest BCUT2D eigenvalue weighted by atomic mass is 14.7. The summed E-state index contributed by atoms with van der Waals surface area (Å²) in [7, 11) is 0. The molecular weight excluding hydrogens is 146 g/mol. The Labute approximate surface area is 74.2 Å². The third kappa shape index (κ3) is 3.33. The zero-order chi connectivity index (χ0) is 9.03. The maximum atomic E-state index is 4.23. The van der Waals surface area contributed by atoms with Crippen molar-refractivity contribution < 1.29 is 0 Å². The lowest BCUT2D eigenvalue weighted by Crippen LogP contribution is -2.05. The van der Waals surface area contributed by atoms with Crippen LogP contribution in [0, 0.1) is 5.41 Å². The molecule has 0 spiro atoms. The first-order chi connectivity index (χ1) is 5.58. The number of benzene rings is 1. The van der Waals surface area contributed by atoms with E-state index in [2.05, 4.69) is 32.0 Å². The lowest BCUT2D eigenvalue weighted by atomic mass is 9.99. The summed E-state index contributed by atoms with van der Waals surface area (Å²) in [6, 6.07) is 9.87. The van der Waals surface area contributed by atoms with E-state index in [1.165, 1.54) is 0 Å². The van der Waals surface area contributed by atoms with Crippen molar-refractivity contribution in [2.45, 2.75) is 20.8 Å². The molecule has 0 N–H and O–H groups in total.